The Morgan fingerprint density at radius 3 is 2.23 bits per heavy atom. The summed E-state index contributed by atoms with van der Waals surface area (Å²) in [7, 11) is 0. The van der Waals surface area contributed by atoms with Gasteiger partial charge in [0.05, 0.1) is 4.92 Å². The van der Waals surface area contributed by atoms with Crippen LogP contribution in [0.3, 0.4) is 0 Å². The molecule has 0 radical (unpaired) electrons. The first-order valence-electron chi connectivity index (χ1n) is 9.60. The predicted octanol–water partition coefficient (Wildman–Crippen LogP) is 3.69. The molecule has 0 aromatic heterocycles. The highest BCUT2D eigenvalue weighted by atomic mass is 16.6. The molecule has 6 nitrogen and oxygen atoms in total. The van der Waals surface area contributed by atoms with E-state index in [-0.39, 0.29) is 29.7 Å². The molecule has 26 heavy (non-hydrogen) atoms. The van der Waals surface area contributed by atoms with Gasteiger partial charge in [0.25, 0.3) is 11.6 Å². The number of hydrogen-bond donors (Lipinski definition) is 1. The third-order valence-corrected chi connectivity index (χ3v) is 6.80. The van der Waals surface area contributed by atoms with Gasteiger partial charge in [0.1, 0.15) is 5.75 Å². The van der Waals surface area contributed by atoms with Crippen molar-refractivity contribution in [2.75, 3.05) is 6.61 Å². The molecule has 4 bridgehead atoms. The quantitative estimate of drug-likeness (QED) is 0.621. The van der Waals surface area contributed by atoms with Crippen LogP contribution in [0, 0.1) is 33.3 Å². The minimum absolute atomic E-state index is 0.0113. The summed E-state index contributed by atoms with van der Waals surface area (Å²) in [5.41, 5.74) is 0.287. The summed E-state index contributed by atoms with van der Waals surface area (Å²) in [5, 5.41) is 13.8. The third kappa shape index (κ3) is 3.29. The summed E-state index contributed by atoms with van der Waals surface area (Å²) in [4.78, 5) is 22.6. The van der Waals surface area contributed by atoms with Crippen LogP contribution < -0.4 is 10.1 Å². The lowest BCUT2D eigenvalue weighted by molar-refractivity contribution is -0.384. The zero-order valence-electron chi connectivity index (χ0n) is 15.1. The van der Waals surface area contributed by atoms with Crippen molar-refractivity contribution in [1.82, 2.24) is 5.32 Å². The van der Waals surface area contributed by atoms with Crippen molar-refractivity contribution in [1.29, 1.82) is 0 Å². The zero-order valence-corrected chi connectivity index (χ0v) is 15.1. The number of hydrogen-bond acceptors (Lipinski definition) is 4. The molecule has 6 heteroatoms. The highest BCUT2D eigenvalue weighted by Gasteiger charge is 2.53. The van der Waals surface area contributed by atoms with Crippen molar-refractivity contribution < 1.29 is 14.5 Å². The summed E-state index contributed by atoms with van der Waals surface area (Å²) >= 11 is 0. The number of nitrogens with one attached hydrogen (secondary N) is 1. The van der Waals surface area contributed by atoms with Crippen molar-refractivity contribution >= 4 is 11.6 Å². The number of rotatable bonds is 6. The van der Waals surface area contributed by atoms with E-state index in [1.165, 1.54) is 62.8 Å². The van der Waals surface area contributed by atoms with E-state index in [2.05, 4.69) is 12.2 Å². The summed E-state index contributed by atoms with van der Waals surface area (Å²) in [6.07, 6.45) is 7.94. The first-order chi connectivity index (χ1) is 12.4. The fourth-order valence-electron chi connectivity index (χ4n) is 5.96. The van der Waals surface area contributed by atoms with E-state index >= 15 is 0 Å². The molecule has 1 amide bonds. The van der Waals surface area contributed by atoms with Crippen molar-refractivity contribution in [3.8, 4) is 5.75 Å². The highest BCUT2D eigenvalue weighted by Crippen LogP contribution is 2.61. The van der Waals surface area contributed by atoms with Gasteiger partial charge in [-0.25, -0.2) is 0 Å². The molecule has 1 aromatic carbocycles. The van der Waals surface area contributed by atoms with Crippen molar-refractivity contribution in [3.63, 3.8) is 0 Å². The molecule has 0 unspecified atom stereocenters. The van der Waals surface area contributed by atoms with Crippen LogP contribution in [0.1, 0.15) is 45.4 Å². The lowest BCUT2D eigenvalue weighted by atomic mass is 9.48. The van der Waals surface area contributed by atoms with E-state index < -0.39 is 4.92 Å². The van der Waals surface area contributed by atoms with Crippen LogP contribution in [0.15, 0.2) is 24.3 Å². The van der Waals surface area contributed by atoms with Crippen molar-refractivity contribution in [3.05, 3.63) is 34.4 Å². The predicted molar refractivity (Wildman–Crippen MR) is 96.8 cm³/mol. The first-order valence-corrected chi connectivity index (χ1v) is 9.60. The normalized spacial score (nSPS) is 32.9. The minimum atomic E-state index is -0.455. The van der Waals surface area contributed by atoms with Gasteiger partial charge in [-0.15, -0.1) is 0 Å². The Morgan fingerprint density at radius 1 is 1.19 bits per heavy atom. The van der Waals surface area contributed by atoms with Crippen LogP contribution >= 0.6 is 0 Å². The number of nitro groups is 1. The Balaban J connectivity index is 1.31. The van der Waals surface area contributed by atoms with Gasteiger partial charge < -0.3 is 10.1 Å². The van der Waals surface area contributed by atoms with E-state index in [0.717, 1.165) is 17.8 Å². The van der Waals surface area contributed by atoms with E-state index in [4.69, 9.17) is 4.74 Å². The summed E-state index contributed by atoms with van der Waals surface area (Å²) in [6, 6.07) is 5.97. The second-order valence-electron chi connectivity index (χ2n) is 8.61. The van der Waals surface area contributed by atoms with Gasteiger partial charge in [-0.05, 0) is 80.8 Å². The average molecular weight is 358 g/mol. The number of carbonyl (C=O) groups is 1. The topological polar surface area (TPSA) is 81.5 Å². The number of ether oxygens (including phenoxy) is 1. The number of amides is 1. The van der Waals surface area contributed by atoms with Crippen molar-refractivity contribution in [2.24, 2.45) is 23.2 Å². The smallest absolute Gasteiger partial charge is 0.269 e. The van der Waals surface area contributed by atoms with Gasteiger partial charge in [-0.2, -0.15) is 0 Å². The van der Waals surface area contributed by atoms with E-state index in [1.54, 1.807) is 0 Å². The molecule has 4 aliphatic carbocycles. The van der Waals surface area contributed by atoms with Gasteiger partial charge in [0.2, 0.25) is 0 Å². The Kier molecular flexibility index (Phi) is 4.37. The van der Waals surface area contributed by atoms with E-state index in [9.17, 15) is 14.9 Å². The van der Waals surface area contributed by atoms with Crippen LogP contribution in [0.2, 0.25) is 0 Å². The van der Waals surface area contributed by atoms with Gasteiger partial charge >= 0.3 is 0 Å². The molecule has 4 aliphatic rings. The molecular formula is C20H26N2O4. The molecule has 4 saturated carbocycles. The second kappa shape index (κ2) is 6.56. The minimum Gasteiger partial charge on any atom is -0.484 e. The largest absolute Gasteiger partial charge is 0.484 e. The molecule has 5 rings (SSSR count). The lowest BCUT2D eigenvalue weighted by Crippen LogP contribution is -2.56. The molecule has 0 spiro atoms. The van der Waals surface area contributed by atoms with Gasteiger partial charge in [-0.3, -0.25) is 14.9 Å². The van der Waals surface area contributed by atoms with Gasteiger partial charge in [0, 0.05) is 18.2 Å². The molecule has 4 fully saturated rings. The number of nitro benzene ring substituents is 1. The third-order valence-electron chi connectivity index (χ3n) is 6.80. The second-order valence-corrected chi connectivity index (χ2v) is 8.61. The molecule has 140 valence electrons. The average Bonchev–Trinajstić information content (AvgIpc) is 2.59. The van der Waals surface area contributed by atoms with E-state index in [1.807, 2.05) is 0 Å². The summed E-state index contributed by atoms with van der Waals surface area (Å²) in [6.45, 7) is 2.09. The van der Waals surface area contributed by atoms with Crippen molar-refractivity contribution in [2.45, 2.75) is 51.5 Å². The maximum atomic E-state index is 12.4. The highest BCUT2D eigenvalue weighted by molar-refractivity contribution is 5.77. The Labute approximate surface area is 153 Å². The van der Waals surface area contributed by atoms with Gasteiger partial charge in [0.15, 0.2) is 6.61 Å². The maximum Gasteiger partial charge on any atom is 0.269 e. The molecule has 1 aromatic rings. The number of benzene rings is 1. The summed E-state index contributed by atoms with van der Waals surface area (Å²) < 4.78 is 5.49. The number of non-ortho nitro benzene ring substituents is 1. The lowest BCUT2D eigenvalue weighted by Gasteiger charge is -2.59. The Morgan fingerprint density at radius 2 is 1.73 bits per heavy atom. The standard InChI is InChI=1S/C20H26N2O4/c1-13(20-9-14-6-15(10-20)8-16(7-14)11-20)21-19(23)12-26-18-4-2-17(3-5-18)22(24)25/h2-5,13-16H,6-12H2,1H3,(H,21,23)/t13-,14?,15?,16?,20?/m0/s1. The molecular weight excluding hydrogens is 332 g/mol. The van der Waals surface area contributed by atoms with Crippen LogP contribution in [0.4, 0.5) is 5.69 Å². The molecule has 0 aliphatic heterocycles. The van der Waals surface area contributed by atoms with E-state index in [0.29, 0.717) is 5.75 Å². The first kappa shape index (κ1) is 17.3. The monoisotopic (exact) mass is 358 g/mol. The van der Waals surface area contributed by atoms with Crippen LogP contribution in [0.25, 0.3) is 0 Å². The number of carbonyl (C=O) groups excluding carboxylic acids is 1. The molecule has 1 atom stereocenters. The maximum absolute atomic E-state index is 12.4. The fraction of sp³-hybridized carbons (Fsp3) is 0.650. The molecule has 1 N–H and O–H groups in total. The Bertz CT molecular complexity index is 665. The zero-order chi connectivity index (χ0) is 18.3. The van der Waals surface area contributed by atoms with Crippen LogP contribution in [0.5, 0.6) is 5.75 Å². The SMILES string of the molecule is C[C@H](NC(=O)COc1ccc([N+](=O)[O-])cc1)C12CC3CC(CC(C3)C1)C2. The molecule has 0 saturated heterocycles. The fourth-order valence-corrected chi connectivity index (χ4v) is 5.96. The number of nitrogens with zero attached hydrogens (tertiary/aromatic N) is 1. The summed E-state index contributed by atoms with van der Waals surface area (Å²) in [5.74, 6) is 2.92. The Hall–Kier alpha value is -2.11. The van der Waals surface area contributed by atoms with Gasteiger partial charge in [-0.1, -0.05) is 0 Å². The van der Waals surface area contributed by atoms with Crippen LogP contribution in [-0.4, -0.2) is 23.5 Å². The molecule has 0 heterocycles. The van der Waals surface area contributed by atoms with Crippen LogP contribution in [-0.2, 0) is 4.79 Å².